The first-order valence-corrected chi connectivity index (χ1v) is 8.03. The summed E-state index contributed by atoms with van der Waals surface area (Å²) in [6, 6.07) is 14.1. The van der Waals surface area contributed by atoms with Crippen molar-refractivity contribution in [3.8, 4) is 5.75 Å². The maximum atomic E-state index is 13.7. The zero-order chi connectivity index (χ0) is 17.6. The second-order valence-electron chi connectivity index (χ2n) is 5.33. The Hall–Kier alpha value is -2.93. The van der Waals surface area contributed by atoms with Gasteiger partial charge in [-0.3, -0.25) is 4.68 Å². The number of nitrogens with zero attached hydrogens (tertiary/aromatic N) is 2. The highest BCUT2D eigenvalue weighted by atomic mass is 32.1. The first kappa shape index (κ1) is 16.9. The second kappa shape index (κ2) is 7.76. The molecule has 0 aliphatic rings. The van der Waals surface area contributed by atoms with Gasteiger partial charge < -0.3 is 15.4 Å². The van der Waals surface area contributed by atoms with Gasteiger partial charge in [0.15, 0.2) is 5.11 Å². The number of hydrogen-bond acceptors (Lipinski definition) is 3. The van der Waals surface area contributed by atoms with Crippen LogP contribution < -0.4 is 15.4 Å². The molecular weight excluding hydrogens is 339 g/mol. The number of nitrogens with one attached hydrogen (secondary N) is 2. The molecule has 5 nitrogen and oxygen atoms in total. The van der Waals surface area contributed by atoms with Crippen molar-refractivity contribution in [2.75, 3.05) is 17.7 Å². The van der Waals surface area contributed by atoms with Gasteiger partial charge in [-0.25, -0.2) is 4.39 Å². The number of methoxy groups -OCH3 is 1. The van der Waals surface area contributed by atoms with E-state index in [0.29, 0.717) is 17.2 Å². The minimum atomic E-state index is -0.247. The Morgan fingerprint density at radius 3 is 2.76 bits per heavy atom. The summed E-state index contributed by atoms with van der Waals surface area (Å²) in [5, 5.41) is 10.8. The second-order valence-corrected chi connectivity index (χ2v) is 5.74. The number of benzene rings is 2. The van der Waals surface area contributed by atoms with Gasteiger partial charge in [-0.2, -0.15) is 5.10 Å². The molecule has 128 valence electrons. The lowest BCUT2D eigenvalue weighted by Crippen LogP contribution is -2.18. The van der Waals surface area contributed by atoms with Crippen molar-refractivity contribution in [3.63, 3.8) is 0 Å². The number of ether oxygens (including phenoxy) is 1. The number of aromatic nitrogens is 2. The molecule has 3 aromatic rings. The van der Waals surface area contributed by atoms with E-state index in [-0.39, 0.29) is 5.82 Å². The third-order valence-electron chi connectivity index (χ3n) is 3.51. The highest BCUT2D eigenvalue weighted by Crippen LogP contribution is 2.17. The molecule has 0 aliphatic carbocycles. The lowest BCUT2D eigenvalue weighted by atomic mass is 10.2. The summed E-state index contributed by atoms with van der Waals surface area (Å²) in [5.74, 6) is 0.494. The van der Waals surface area contributed by atoms with Gasteiger partial charge in [0.2, 0.25) is 0 Å². The van der Waals surface area contributed by atoms with E-state index in [9.17, 15) is 4.39 Å². The number of rotatable bonds is 5. The van der Waals surface area contributed by atoms with E-state index in [1.54, 1.807) is 42.4 Å². The van der Waals surface area contributed by atoms with Crippen molar-refractivity contribution in [1.29, 1.82) is 0 Å². The molecule has 0 saturated heterocycles. The van der Waals surface area contributed by atoms with Gasteiger partial charge in [0.25, 0.3) is 0 Å². The smallest absolute Gasteiger partial charge is 0.175 e. The molecular formula is C18H17FN4OS. The number of hydrogen-bond donors (Lipinski definition) is 2. The molecule has 3 rings (SSSR count). The van der Waals surface area contributed by atoms with E-state index in [1.165, 1.54) is 6.07 Å². The van der Waals surface area contributed by atoms with E-state index in [1.807, 2.05) is 24.3 Å². The standard InChI is InChI=1S/C18H17FN4OS/c1-24-16-7-4-6-14(9-16)21-18(25)22-15-10-20-23(12-15)11-13-5-2-3-8-17(13)19/h2-10,12H,11H2,1H3,(H2,21,22,25). The van der Waals surface area contributed by atoms with Gasteiger partial charge in [0, 0.05) is 23.5 Å². The van der Waals surface area contributed by atoms with E-state index >= 15 is 0 Å². The van der Waals surface area contributed by atoms with E-state index in [2.05, 4.69) is 15.7 Å². The van der Waals surface area contributed by atoms with Crippen LogP contribution in [0.15, 0.2) is 60.9 Å². The van der Waals surface area contributed by atoms with Crippen molar-refractivity contribution in [2.24, 2.45) is 0 Å². The van der Waals surface area contributed by atoms with Gasteiger partial charge in [-0.1, -0.05) is 24.3 Å². The quantitative estimate of drug-likeness (QED) is 0.680. The molecule has 25 heavy (non-hydrogen) atoms. The van der Waals surface area contributed by atoms with Crippen LogP contribution in [0.25, 0.3) is 0 Å². The van der Waals surface area contributed by atoms with Gasteiger partial charge >= 0.3 is 0 Å². The predicted octanol–water partition coefficient (Wildman–Crippen LogP) is 3.89. The SMILES string of the molecule is COc1cccc(NC(=S)Nc2cnn(Cc3ccccc3F)c2)c1. The summed E-state index contributed by atoms with van der Waals surface area (Å²) < 4.78 is 20.5. The first-order chi connectivity index (χ1) is 12.1. The molecule has 0 amide bonds. The number of halogens is 1. The third kappa shape index (κ3) is 4.54. The Bertz CT molecular complexity index is 881. The van der Waals surface area contributed by atoms with Crippen LogP contribution in [-0.4, -0.2) is 22.0 Å². The van der Waals surface area contributed by atoms with E-state index in [4.69, 9.17) is 17.0 Å². The Morgan fingerprint density at radius 1 is 1.16 bits per heavy atom. The Morgan fingerprint density at radius 2 is 1.96 bits per heavy atom. The normalized spacial score (nSPS) is 10.3. The molecule has 2 N–H and O–H groups in total. The zero-order valence-electron chi connectivity index (χ0n) is 13.6. The van der Waals surface area contributed by atoms with Crippen LogP contribution in [0, 0.1) is 5.82 Å². The van der Waals surface area contributed by atoms with Gasteiger partial charge in [-0.05, 0) is 30.4 Å². The summed E-state index contributed by atoms with van der Waals surface area (Å²) in [6.07, 6.45) is 3.41. The molecule has 7 heteroatoms. The summed E-state index contributed by atoms with van der Waals surface area (Å²) in [5.41, 5.74) is 2.11. The maximum Gasteiger partial charge on any atom is 0.175 e. The monoisotopic (exact) mass is 356 g/mol. The van der Waals surface area contributed by atoms with Crippen molar-refractivity contribution < 1.29 is 9.13 Å². The Balaban J connectivity index is 1.61. The van der Waals surface area contributed by atoms with Crippen molar-refractivity contribution in [1.82, 2.24) is 9.78 Å². The Labute approximate surface area is 150 Å². The van der Waals surface area contributed by atoms with Crippen molar-refractivity contribution in [3.05, 3.63) is 72.3 Å². The van der Waals surface area contributed by atoms with E-state index in [0.717, 1.165) is 17.1 Å². The van der Waals surface area contributed by atoms with Crippen LogP contribution in [0.3, 0.4) is 0 Å². The summed E-state index contributed by atoms with van der Waals surface area (Å²) in [7, 11) is 1.61. The molecule has 0 atom stereocenters. The lowest BCUT2D eigenvalue weighted by Gasteiger charge is -2.10. The number of thiocarbonyl (C=S) groups is 1. The fourth-order valence-electron chi connectivity index (χ4n) is 2.31. The topological polar surface area (TPSA) is 51.1 Å². The van der Waals surface area contributed by atoms with Crippen LogP contribution >= 0.6 is 12.2 Å². The molecule has 0 radical (unpaired) electrons. The molecule has 0 unspecified atom stereocenters. The van der Waals surface area contributed by atoms with Gasteiger partial charge in [0.1, 0.15) is 11.6 Å². The summed E-state index contributed by atoms with van der Waals surface area (Å²) in [4.78, 5) is 0. The molecule has 0 saturated carbocycles. The maximum absolute atomic E-state index is 13.7. The highest BCUT2D eigenvalue weighted by molar-refractivity contribution is 7.80. The molecule has 0 aliphatic heterocycles. The number of anilines is 2. The van der Waals surface area contributed by atoms with Crippen molar-refractivity contribution >= 4 is 28.7 Å². The minimum absolute atomic E-state index is 0.247. The average molecular weight is 356 g/mol. The fraction of sp³-hybridized carbons (Fsp3) is 0.111. The molecule has 1 heterocycles. The van der Waals surface area contributed by atoms with Crippen LogP contribution in [0.1, 0.15) is 5.56 Å². The summed E-state index contributed by atoms with van der Waals surface area (Å²) in [6.45, 7) is 0.352. The highest BCUT2D eigenvalue weighted by Gasteiger charge is 2.05. The molecule has 0 bridgehead atoms. The largest absolute Gasteiger partial charge is 0.497 e. The van der Waals surface area contributed by atoms with E-state index < -0.39 is 0 Å². The van der Waals surface area contributed by atoms with Gasteiger partial charge in [-0.15, -0.1) is 0 Å². The van der Waals surface area contributed by atoms with Crippen LogP contribution in [0.2, 0.25) is 0 Å². The third-order valence-corrected chi connectivity index (χ3v) is 3.71. The molecule has 0 fully saturated rings. The minimum Gasteiger partial charge on any atom is -0.497 e. The van der Waals surface area contributed by atoms with Crippen molar-refractivity contribution in [2.45, 2.75) is 6.54 Å². The Kier molecular flexibility index (Phi) is 5.25. The molecule has 2 aromatic carbocycles. The average Bonchev–Trinajstić information content (AvgIpc) is 3.04. The molecule has 0 spiro atoms. The fourth-order valence-corrected chi connectivity index (χ4v) is 2.55. The van der Waals surface area contributed by atoms with Crippen LogP contribution in [0.4, 0.5) is 15.8 Å². The zero-order valence-corrected chi connectivity index (χ0v) is 14.4. The first-order valence-electron chi connectivity index (χ1n) is 7.62. The lowest BCUT2D eigenvalue weighted by molar-refractivity contribution is 0.415. The van der Waals surface area contributed by atoms with Crippen LogP contribution in [0.5, 0.6) is 5.75 Å². The molecule has 1 aromatic heterocycles. The van der Waals surface area contributed by atoms with Crippen LogP contribution in [-0.2, 0) is 6.54 Å². The van der Waals surface area contributed by atoms with Gasteiger partial charge in [0.05, 0.1) is 25.5 Å². The summed E-state index contributed by atoms with van der Waals surface area (Å²) >= 11 is 5.30. The predicted molar refractivity (Wildman–Crippen MR) is 101 cm³/mol.